The summed E-state index contributed by atoms with van der Waals surface area (Å²) in [4.78, 5) is 10.9. The number of carbonyl (C=O) groups is 1. The third kappa shape index (κ3) is 5.60. The molecular formula is C13H15F3O5. The number of carboxylic acid groups (broad SMARTS) is 1. The number of ether oxygens (including phenoxy) is 3. The van der Waals surface area contributed by atoms with Crippen LogP contribution in [0, 0.1) is 0 Å². The van der Waals surface area contributed by atoms with E-state index in [9.17, 15) is 18.0 Å². The molecule has 0 saturated heterocycles. The minimum Gasteiger partial charge on any atom is -0.491 e. The van der Waals surface area contributed by atoms with Gasteiger partial charge in [-0.3, -0.25) is 0 Å². The van der Waals surface area contributed by atoms with E-state index in [0.29, 0.717) is 19.3 Å². The van der Waals surface area contributed by atoms with E-state index in [1.165, 1.54) is 7.11 Å². The first-order valence-corrected chi connectivity index (χ1v) is 6.00. The zero-order chi connectivity index (χ0) is 15.9. The molecule has 1 N–H and O–H groups in total. The number of carboxylic acids is 1. The van der Waals surface area contributed by atoms with Gasteiger partial charge in [0.05, 0.1) is 30.9 Å². The Morgan fingerprint density at radius 1 is 1.19 bits per heavy atom. The number of alkyl halides is 3. The molecule has 0 heterocycles. The molecule has 5 nitrogen and oxygen atoms in total. The Labute approximate surface area is 119 Å². The quantitative estimate of drug-likeness (QED) is 0.747. The molecule has 0 aromatic heterocycles. The van der Waals surface area contributed by atoms with Gasteiger partial charge in [-0.15, -0.1) is 0 Å². The maximum Gasteiger partial charge on any atom is 0.417 e. The maximum atomic E-state index is 12.6. The first-order chi connectivity index (χ1) is 9.86. The monoisotopic (exact) mass is 308 g/mol. The van der Waals surface area contributed by atoms with Crippen LogP contribution in [-0.4, -0.2) is 44.6 Å². The van der Waals surface area contributed by atoms with Crippen LogP contribution in [0.1, 0.15) is 15.9 Å². The summed E-state index contributed by atoms with van der Waals surface area (Å²) >= 11 is 0. The molecule has 118 valence electrons. The third-order valence-electron chi connectivity index (χ3n) is 2.46. The van der Waals surface area contributed by atoms with Gasteiger partial charge in [0.2, 0.25) is 0 Å². The van der Waals surface area contributed by atoms with E-state index in [4.69, 9.17) is 19.3 Å². The molecule has 21 heavy (non-hydrogen) atoms. The Bertz CT molecular complexity index is 473. The lowest BCUT2D eigenvalue weighted by Gasteiger charge is -2.12. The molecule has 1 aromatic carbocycles. The molecule has 0 aliphatic rings. The highest BCUT2D eigenvalue weighted by molar-refractivity contribution is 5.90. The Kier molecular flexibility index (Phi) is 6.44. The summed E-state index contributed by atoms with van der Waals surface area (Å²) in [6.45, 7) is 1.09. The lowest BCUT2D eigenvalue weighted by atomic mass is 10.1. The molecule has 0 radical (unpaired) electrons. The lowest BCUT2D eigenvalue weighted by molar-refractivity contribution is -0.138. The van der Waals surface area contributed by atoms with Gasteiger partial charge in [-0.2, -0.15) is 13.2 Å². The van der Waals surface area contributed by atoms with Crippen LogP contribution in [0.4, 0.5) is 13.2 Å². The van der Waals surface area contributed by atoms with Crippen LogP contribution in [0.3, 0.4) is 0 Å². The average molecular weight is 308 g/mol. The van der Waals surface area contributed by atoms with Crippen molar-refractivity contribution in [1.29, 1.82) is 0 Å². The Morgan fingerprint density at radius 2 is 1.86 bits per heavy atom. The predicted octanol–water partition coefficient (Wildman–Crippen LogP) is 2.45. The number of benzene rings is 1. The predicted molar refractivity (Wildman–Crippen MR) is 66.6 cm³/mol. The standard InChI is InChI=1S/C13H15F3O5/c1-19-4-5-20-6-7-21-9-2-3-11(13(14,15)16)10(8-9)12(17)18/h2-3,8H,4-7H2,1H3,(H,17,18). The van der Waals surface area contributed by atoms with Gasteiger partial charge in [-0.25, -0.2) is 4.79 Å². The highest BCUT2D eigenvalue weighted by Crippen LogP contribution is 2.33. The molecule has 0 unspecified atom stereocenters. The van der Waals surface area contributed by atoms with Crippen molar-refractivity contribution >= 4 is 5.97 Å². The number of hydrogen-bond donors (Lipinski definition) is 1. The van der Waals surface area contributed by atoms with E-state index >= 15 is 0 Å². The van der Waals surface area contributed by atoms with Crippen molar-refractivity contribution in [2.24, 2.45) is 0 Å². The van der Waals surface area contributed by atoms with E-state index in [-0.39, 0.29) is 19.0 Å². The molecule has 0 aliphatic carbocycles. The molecule has 0 bridgehead atoms. The van der Waals surface area contributed by atoms with Gasteiger partial charge in [-0.1, -0.05) is 0 Å². The first-order valence-electron chi connectivity index (χ1n) is 6.00. The zero-order valence-electron chi connectivity index (χ0n) is 11.3. The minimum atomic E-state index is -4.73. The topological polar surface area (TPSA) is 65.0 Å². The summed E-state index contributed by atoms with van der Waals surface area (Å²) in [5, 5.41) is 8.83. The van der Waals surface area contributed by atoms with E-state index in [1.807, 2.05) is 0 Å². The van der Waals surface area contributed by atoms with Crippen LogP contribution in [-0.2, 0) is 15.7 Å². The maximum absolute atomic E-state index is 12.6. The minimum absolute atomic E-state index is 0.0377. The Morgan fingerprint density at radius 3 is 2.43 bits per heavy atom. The molecule has 0 spiro atoms. The van der Waals surface area contributed by atoms with Gasteiger partial charge < -0.3 is 19.3 Å². The molecule has 0 atom stereocenters. The van der Waals surface area contributed by atoms with Crippen molar-refractivity contribution in [2.45, 2.75) is 6.18 Å². The number of hydrogen-bond acceptors (Lipinski definition) is 4. The van der Waals surface area contributed by atoms with Crippen molar-refractivity contribution in [3.05, 3.63) is 29.3 Å². The summed E-state index contributed by atoms with van der Waals surface area (Å²) in [5.41, 5.74) is -2.06. The van der Waals surface area contributed by atoms with Crippen LogP contribution in [0.5, 0.6) is 5.75 Å². The first kappa shape index (κ1) is 17.3. The summed E-state index contributed by atoms with van der Waals surface area (Å²) in [6.07, 6.45) is -4.73. The molecule has 0 aliphatic heterocycles. The molecule has 8 heteroatoms. The Balaban J connectivity index is 2.65. The second kappa shape index (κ2) is 7.84. The molecular weight excluding hydrogens is 293 g/mol. The van der Waals surface area contributed by atoms with Crippen LogP contribution >= 0.6 is 0 Å². The van der Waals surface area contributed by atoms with Crippen molar-refractivity contribution in [2.75, 3.05) is 33.5 Å². The van der Waals surface area contributed by atoms with Crippen molar-refractivity contribution < 1.29 is 37.3 Å². The van der Waals surface area contributed by atoms with Gasteiger partial charge in [0.1, 0.15) is 12.4 Å². The van der Waals surface area contributed by atoms with Crippen LogP contribution in [0.25, 0.3) is 0 Å². The highest BCUT2D eigenvalue weighted by atomic mass is 19.4. The average Bonchev–Trinajstić information content (AvgIpc) is 2.41. The molecule has 0 fully saturated rings. The number of methoxy groups -OCH3 is 1. The van der Waals surface area contributed by atoms with Crippen molar-refractivity contribution in [3.63, 3.8) is 0 Å². The van der Waals surface area contributed by atoms with Gasteiger partial charge in [0.25, 0.3) is 0 Å². The van der Waals surface area contributed by atoms with Crippen LogP contribution in [0.15, 0.2) is 18.2 Å². The summed E-state index contributed by atoms with van der Waals surface area (Å²) in [7, 11) is 1.52. The lowest BCUT2D eigenvalue weighted by Crippen LogP contribution is -2.14. The normalized spacial score (nSPS) is 11.4. The second-order valence-electron chi connectivity index (χ2n) is 3.96. The van der Waals surface area contributed by atoms with Gasteiger partial charge in [0.15, 0.2) is 0 Å². The fraction of sp³-hybridized carbons (Fsp3) is 0.462. The summed E-state index contributed by atoms with van der Waals surface area (Å²) in [5.74, 6) is -1.63. The van der Waals surface area contributed by atoms with Crippen molar-refractivity contribution in [1.82, 2.24) is 0 Å². The summed E-state index contributed by atoms with van der Waals surface area (Å²) < 4.78 is 52.9. The van der Waals surface area contributed by atoms with Crippen molar-refractivity contribution in [3.8, 4) is 5.75 Å². The second-order valence-corrected chi connectivity index (χ2v) is 3.96. The van der Waals surface area contributed by atoms with Crippen LogP contribution < -0.4 is 4.74 Å². The van der Waals surface area contributed by atoms with Gasteiger partial charge in [0, 0.05) is 7.11 Å². The highest BCUT2D eigenvalue weighted by Gasteiger charge is 2.35. The van der Waals surface area contributed by atoms with E-state index in [0.717, 1.165) is 12.1 Å². The van der Waals surface area contributed by atoms with Gasteiger partial charge in [-0.05, 0) is 18.2 Å². The zero-order valence-corrected chi connectivity index (χ0v) is 11.3. The Hall–Kier alpha value is -1.80. The number of halogens is 3. The third-order valence-corrected chi connectivity index (χ3v) is 2.46. The molecule has 0 saturated carbocycles. The SMILES string of the molecule is COCCOCCOc1ccc(C(F)(F)F)c(C(=O)O)c1. The van der Waals surface area contributed by atoms with E-state index in [2.05, 4.69) is 0 Å². The largest absolute Gasteiger partial charge is 0.491 e. The number of rotatable bonds is 8. The van der Waals surface area contributed by atoms with E-state index in [1.54, 1.807) is 0 Å². The summed E-state index contributed by atoms with van der Waals surface area (Å²) in [6, 6.07) is 2.61. The molecule has 1 rings (SSSR count). The van der Waals surface area contributed by atoms with E-state index < -0.39 is 23.3 Å². The fourth-order valence-electron chi connectivity index (χ4n) is 1.50. The number of aromatic carboxylic acids is 1. The molecule has 0 amide bonds. The smallest absolute Gasteiger partial charge is 0.417 e. The molecule has 1 aromatic rings. The fourth-order valence-corrected chi connectivity index (χ4v) is 1.50. The van der Waals surface area contributed by atoms with Gasteiger partial charge >= 0.3 is 12.1 Å². The van der Waals surface area contributed by atoms with Crippen LogP contribution in [0.2, 0.25) is 0 Å².